The zero-order valence-corrected chi connectivity index (χ0v) is 12.5. The molecule has 1 N–H and O–H groups in total. The molecule has 0 bridgehead atoms. The molecule has 1 aromatic carbocycles. The SMILES string of the molecule is Clc1nc(N2CCc3ccccc3C2)nc2c1CCNC2. The zero-order chi connectivity index (χ0) is 14.2. The average molecular weight is 301 g/mol. The topological polar surface area (TPSA) is 41.1 Å². The van der Waals surface area contributed by atoms with Crippen LogP contribution in [-0.2, 0) is 25.9 Å². The fourth-order valence-corrected chi connectivity index (χ4v) is 3.39. The first-order valence-electron chi connectivity index (χ1n) is 7.39. The third kappa shape index (κ3) is 2.39. The molecule has 0 amide bonds. The van der Waals surface area contributed by atoms with E-state index in [1.165, 1.54) is 11.1 Å². The van der Waals surface area contributed by atoms with E-state index in [4.69, 9.17) is 16.6 Å². The van der Waals surface area contributed by atoms with Crippen molar-refractivity contribution in [1.82, 2.24) is 15.3 Å². The van der Waals surface area contributed by atoms with Gasteiger partial charge in [0.05, 0.1) is 5.69 Å². The molecular weight excluding hydrogens is 284 g/mol. The van der Waals surface area contributed by atoms with Crippen LogP contribution in [0.3, 0.4) is 0 Å². The van der Waals surface area contributed by atoms with E-state index in [0.29, 0.717) is 5.15 Å². The second-order valence-corrected chi connectivity index (χ2v) is 5.96. The maximum Gasteiger partial charge on any atom is 0.227 e. The van der Waals surface area contributed by atoms with Gasteiger partial charge in [0.15, 0.2) is 0 Å². The molecule has 2 aromatic rings. The summed E-state index contributed by atoms with van der Waals surface area (Å²) >= 11 is 6.36. The maximum atomic E-state index is 6.36. The van der Waals surface area contributed by atoms with Crippen LogP contribution in [-0.4, -0.2) is 23.1 Å². The Bertz CT molecular complexity index is 686. The number of halogens is 1. The van der Waals surface area contributed by atoms with E-state index in [0.717, 1.165) is 56.2 Å². The van der Waals surface area contributed by atoms with Gasteiger partial charge in [-0.15, -0.1) is 0 Å². The van der Waals surface area contributed by atoms with Crippen LogP contribution >= 0.6 is 11.6 Å². The number of anilines is 1. The van der Waals surface area contributed by atoms with E-state index in [1.54, 1.807) is 0 Å². The van der Waals surface area contributed by atoms with Crippen molar-refractivity contribution in [3.8, 4) is 0 Å². The summed E-state index contributed by atoms with van der Waals surface area (Å²) in [5.41, 5.74) is 4.95. The second-order valence-electron chi connectivity index (χ2n) is 5.61. The summed E-state index contributed by atoms with van der Waals surface area (Å²) in [6.07, 6.45) is 1.95. The summed E-state index contributed by atoms with van der Waals surface area (Å²) in [5.74, 6) is 0.761. The first-order chi connectivity index (χ1) is 10.3. The van der Waals surface area contributed by atoms with Crippen LogP contribution in [0.15, 0.2) is 24.3 Å². The Balaban J connectivity index is 1.67. The monoisotopic (exact) mass is 300 g/mol. The second kappa shape index (κ2) is 5.28. The number of nitrogens with zero attached hydrogens (tertiary/aromatic N) is 3. The van der Waals surface area contributed by atoms with Crippen molar-refractivity contribution < 1.29 is 0 Å². The van der Waals surface area contributed by atoms with E-state index >= 15 is 0 Å². The molecule has 0 fully saturated rings. The van der Waals surface area contributed by atoms with Gasteiger partial charge in [0, 0.05) is 25.2 Å². The summed E-state index contributed by atoms with van der Waals surface area (Å²) in [6.45, 7) is 3.54. The van der Waals surface area contributed by atoms with Crippen LogP contribution in [0.2, 0.25) is 5.15 Å². The van der Waals surface area contributed by atoms with E-state index in [1.807, 2.05) is 0 Å². The van der Waals surface area contributed by atoms with Crippen molar-refractivity contribution in [2.75, 3.05) is 18.0 Å². The van der Waals surface area contributed by atoms with Crippen molar-refractivity contribution in [1.29, 1.82) is 0 Å². The molecule has 0 radical (unpaired) electrons. The molecule has 108 valence electrons. The van der Waals surface area contributed by atoms with Crippen molar-refractivity contribution in [2.45, 2.75) is 25.9 Å². The molecule has 0 atom stereocenters. The minimum Gasteiger partial charge on any atom is -0.336 e. The number of hydrogen-bond acceptors (Lipinski definition) is 4. The Kier molecular flexibility index (Phi) is 3.28. The van der Waals surface area contributed by atoms with Crippen LogP contribution in [0.5, 0.6) is 0 Å². The minimum atomic E-state index is 0.621. The summed E-state index contributed by atoms with van der Waals surface area (Å²) < 4.78 is 0. The molecule has 21 heavy (non-hydrogen) atoms. The van der Waals surface area contributed by atoms with Gasteiger partial charge in [-0.2, -0.15) is 0 Å². The number of benzene rings is 1. The minimum absolute atomic E-state index is 0.621. The van der Waals surface area contributed by atoms with Crippen molar-refractivity contribution >= 4 is 17.5 Å². The lowest BCUT2D eigenvalue weighted by Crippen LogP contribution is -2.33. The lowest BCUT2D eigenvalue weighted by Gasteiger charge is -2.30. The molecule has 2 aliphatic heterocycles. The highest BCUT2D eigenvalue weighted by Gasteiger charge is 2.22. The van der Waals surface area contributed by atoms with Crippen LogP contribution in [0.1, 0.15) is 22.4 Å². The quantitative estimate of drug-likeness (QED) is 0.821. The van der Waals surface area contributed by atoms with Gasteiger partial charge >= 0.3 is 0 Å². The molecule has 4 rings (SSSR count). The molecule has 0 saturated heterocycles. The van der Waals surface area contributed by atoms with Crippen LogP contribution in [0, 0.1) is 0 Å². The third-order valence-electron chi connectivity index (χ3n) is 4.29. The third-order valence-corrected chi connectivity index (χ3v) is 4.60. The number of hydrogen-bond donors (Lipinski definition) is 1. The molecule has 2 aliphatic rings. The van der Waals surface area contributed by atoms with Gasteiger partial charge in [-0.1, -0.05) is 35.9 Å². The molecule has 0 unspecified atom stereocenters. The van der Waals surface area contributed by atoms with E-state index in [9.17, 15) is 0 Å². The molecule has 1 aromatic heterocycles. The zero-order valence-electron chi connectivity index (χ0n) is 11.8. The molecule has 3 heterocycles. The summed E-state index contributed by atoms with van der Waals surface area (Å²) in [5, 5.41) is 3.97. The predicted molar refractivity (Wildman–Crippen MR) is 83.6 cm³/mol. The van der Waals surface area contributed by atoms with Crippen molar-refractivity contribution in [3.05, 3.63) is 51.8 Å². The number of nitrogens with one attached hydrogen (secondary N) is 1. The Morgan fingerprint density at radius 2 is 1.95 bits per heavy atom. The predicted octanol–water partition coefficient (Wildman–Crippen LogP) is 2.34. The van der Waals surface area contributed by atoms with E-state index in [2.05, 4.69) is 39.5 Å². The van der Waals surface area contributed by atoms with Gasteiger partial charge in [-0.05, 0) is 30.5 Å². The Morgan fingerprint density at radius 3 is 2.86 bits per heavy atom. The first kappa shape index (κ1) is 13.0. The summed E-state index contributed by atoms with van der Waals surface area (Å²) in [7, 11) is 0. The van der Waals surface area contributed by atoms with Crippen molar-refractivity contribution in [3.63, 3.8) is 0 Å². The molecule has 4 nitrogen and oxygen atoms in total. The highest BCUT2D eigenvalue weighted by Crippen LogP contribution is 2.26. The maximum absolute atomic E-state index is 6.36. The van der Waals surface area contributed by atoms with Gasteiger partial charge in [0.2, 0.25) is 5.95 Å². The summed E-state index contributed by atoms with van der Waals surface area (Å²) in [4.78, 5) is 11.5. The van der Waals surface area contributed by atoms with E-state index in [-0.39, 0.29) is 0 Å². The number of aromatic nitrogens is 2. The highest BCUT2D eigenvalue weighted by molar-refractivity contribution is 6.30. The average Bonchev–Trinajstić information content (AvgIpc) is 2.54. The van der Waals surface area contributed by atoms with Crippen LogP contribution < -0.4 is 10.2 Å². The smallest absolute Gasteiger partial charge is 0.227 e. The van der Waals surface area contributed by atoms with Crippen LogP contribution in [0.25, 0.3) is 0 Å². The van der Waals surface area contributed by atoms with Gasteiger partial charge in [-0.3, -0.25) is 0 Å². The Morgan fingerprint density at radius 1 is 1.10 bits per heavy atom. The standard InChI is InChI=1S/C16H17ClN4/c17-15-13-5-7-18-9-14(13)19-16(20-15)21-8-6-11-3-1-2-4-12(11)10-21/h1-4,18H,5-10H2. The molecule has 0 aliphatic carbocycles. The van der Waals surface area contributed by atoms with Gasteiger partial charge in [-0.25, -0.2) is 9.97 Å². The lowest BCUT2D eigenvalue weighted by molar-refractivity contribution is 0.616. The molecular formula is C16H17ClN4. The Hall–Kier alpha value is -1.65. The lowest BCUT2D eigenvalue weighted by atomic mass is 10.0. The van der Waals surface area contributed by atoms with Gasteiger partial charge in [0.1, 0.15) is 5.15 Å². The largest absolute Gasteiger partial charge is 0.336 e. The van der Waals surface area contributed by atoms with Gasteiger partial charge < -0.3 is 10.2 Å². The highest BCUT2D eigenvalue weighted by atomic mass is 35.5. The number of rotatable bonds is 1. The van der Waals surface area contributed by atoms with E-state index < -0.39 is 0 Å². The fraction of sp³-hybridized carbons (Fsp3) is 0.375. The normalized spacial score (nSPS) is 17.3. The van der Waals surface area contributed by atoms with Gasteiger partial charge in [0.25, 0.3) is 0 Å². The Labute approximate surface area is 129 Å². The number of fused-ring (bicyclic) bond motifs is 2. The molecule has 0 saturated carbocycles. The van der Waals surface area contributed by atoms with Crippen molar-refractivity contribution in [2.24, 2.45) is 0 Å². The molecule has 5 heteroatoms. The van der Waals surface area contributed by atoms with Crippen LogP contribution in [0.4, 0.5) is 5.95 Å². The molecule has 0 spiro atoms. The first-order valence-corrected chi connectivity index (χ1v) is 7.77. The fourth-order valence-electron chi connectivity index (χ4n) is 3.11. The summed E-state index contributed by atoms with van der Waals surface area (Å²) in [6, 6.07) is 8.58.